The van der Waals surface area contributed by atoms with Crippen LogP contribution in [-0.2, 0) is 14.9 Å². The summed E-state index contributed by atoms with van der Waals surface area (Å²) in [5.74, 6) is 0.808. The molecule has 11 nitrogen and oxygen atoms in total. The summed E-state index contributed by atoms with van der Waals surface area (Å²) in [6.45, 7) is 5.25. The van der Waals surface area contributed by atoms with Crippen molar-refractivity contribution in [2.45, 2.75) is 54.7 Å². The van der Waals surface area contributed by atoms with Crippen LogP contribution in [0.15, 0.2) is 40.5 Å². The van der Waals surface area contributed by atoms with Crippen molar-refractivity contribution in [1.82, 2.24) is 19.0 Å². The number of benzene rings is 1. The maximum absolute atomic E-state index is 12.4. The summed E-state index contributed by atoms with van der Waals surface area (Å²) in [5, 5.41) is 3.45. The molecule has 4 N–H and O–H groups in total. The topological polar surface area (TPSA) is 143 Å². The molecule has 2 amide bonds. The number of ether oxygens (including phenoxy) is 1. The van der Waals surface area contributed by atoms with Crippen molar-refractivity contribution in [1.29, 1.82) is 0 Å². The fourth-order valence-electron chi connectivity index (χ4n) is 5.24. The molecule has 0 bridgehead atoms. The quantitative estimate of drug-likeness (QED) is 0.469. The highest BCUT2D eigenvalue weighted by Crippen LogP contribution is 2.42. The van der Waals surface area contributed by atoms with Crippen LogP contribution in [0.25, 0.3) is 0 Å². The highest BCUT2D eigenvalue weighted by atomic mass is 35.5. The molecule has 1 aromatic carbocycles. The van der Waals surface area contributed by atoms with E-state index in [0.29, 0.717) is 28.7 Å². The van der Waals surface area contributed by atoms with E-state index in [1.807, 2.05) is 11.6 Å². The summed E-state index contributed by atoms with van der Waals surface area (Å²) < 4.78 is 33.8. The third kappa shape index (κ3) is 5.73. The van der Waals surface area contributed by atoms with Gasteiger partial charge in [-0.05, 0) is 44.7 Å². The minimum absolute atomic E-state index is 0.0458. The Hall–Kier alpha value is -2.16. The Morgan fingerprint density at radius 2 is 1.92 bits per heavy atom. The second-order valence-corrected chi connectivity index (χ2v) is 13.1. The number of rotatable bonds is 6. The lowest BCUT2D eigenvalue weighted by molar-refractivity contribution is 0.0974. The highest BCUT2D eigenvalue weighted by molar-refractivity contribution is 7.99. The lowest BCUT2D eigenvalue weighted by Gasteiger charge is -2.41. The van der Waals surface area contributed by atoms with Crippen LogP contribution < -0.4 is 20.7 Å². The summed E-state index contributed by atoms with van der Waals surface area (Å²) in [6.07, 6.45) is 7.01. The molecule has 38 heavy (non-hydrogen) atoms. The average molecular weight is 582 g/mol. The molecule has 3 aliphatic rings. The summed E-state index contributed by atoms with van der Waals surface area (Å²) in [5.41, 5.74) is 6.77. The van der Waals surface area contributed by atoms with Gasteiger partial charge in [-0.15, -0.1) is 0 Å². The van der Waals surface area contributed by atoms with Crippen LogP contribution >= 0.6 is 23.4 Å². The molecule has 0 unspecified atom stereocenters. The van der Waals surface area contributed by atoms with Gasteiger partial charge in [0.1, 0.15) is 10.8 Å². The minimum atomic E-state index is -3.89. The molecular formula is C24H32ClN7O4S2. The zero-order chi connectivity index (χ0) is 26.9. The van der Waals surface area contributed by atoms with Crippen LogP contribution in [0.4, 0.5) is 16.3 Å². The van der Waals surface area contributed by atoms with Gasteiger partial charge >= 0.3 is 16.2 Å². The van der Waals surface area contributed by atoms with Gasteiger partial charge < -0.3 is 20.7 Å². The number of amides is 2. The lowest BCUT2D eigenvalue weighted by atomic mass is 9.73. The fraction of sp³-hybridized carbons (Fsp3) is 0.542. The molecule has 3 fully saturated rings. The normalized spacial score (nSPS) is 23.6. The Morgan fingerprint density at radius 3 is 2.55 bits per heavy atom. The van der Waals surface area contributed by atoms with Crippen LogP contribution in [0.1, 0.15) is 32.6 Å². The summed E-state index contributed by atoms with van der Waals surface area (Å²) in [4.78, 5) is 24.4. The zero-order valence-corrected chi connectivity index (χ0v) is 23.5. The minimum Gasteiger partial charge on any atom is -0.376 e. The van der Waals surface area contributed by atoms with Crippen LogP contribution in [0.2, 0.25) is 5.02 Å². The first kappa shape index (κ1) is 27.4. The monoisotopic (exact) mass is 581 g/mol. The van der Waals surface area contributed by atoms with Gasteiger partial charge in [-0.25, -0.2) is 19.5 Å². The van der Waals surface area contributed by atoms with Gasteiger partial charge in [-0.2, -0.15) is 12.7 Å². The molecule has 0 saturated carbocycles. The van der Waals surface area contributed by atoms with E-state index in [1.165, 1.54) is 16.1 Å². The van der Waals surface area contributed by atoms with Gasteiger partial charge in [-0.3, -0.25) is 0 Å². The van der Waals surface area contributed by atoms with E-state index >= 15 is 0 Å². The Kier molecular flexibility index (Phi) is 8.04. The molecule has 0 radical (unpaired) electrons. The first-order valence-electron chi connectivity index (χ1n) is 12.7. The van der Waals surface area contributed by atoms with E-state index in [-0.39, 0.29) is 22.6 Å². The molecule has 4 heterocycles. The molecule has 14 heteroatoms. The standard InChI is InChI=1S/C24H32ClN7O4S2/c1-16-22(26)24(15-36-16)7-11-31(12-8-24)19-13-28-20(14-27-19)37-18-6-4-5-17(21(18)25)29-23(33)30-38(34,35)32-9-2-3-10-32/h4-6,13-14,16,22H,2-3,7-12,15,26H2,1H3,(H2,29,30,33)/t16-,22+/m0/s1. The molecule has 3 saturated heterocycles. The van der Waals surface area contributed by atoms with Gasteiger partial charge in [0.25, 0.3) is 0 Å². The van der Waals surface area contributed by atoms with E-state index < -0.39 is 16.2 Å². The molecule has 2 aromatic rings. The van der Waals surface area contributed by atoms with E-state index in [0.717, 1.165) is 51.2 Å². The van der Waals surface area contributed by atoms with Gasteiger partial charge in [0.15, 0.2) is 0 Å². The number of hydrogen-bond donors (Lipinski definition) is 3. The third-order valence-corrected chi connectivity index (χ3v) is 10.6. The summed E-state index contributed by atoms with van der Waals surface area (Å²) in [6, 6.07) is 4.32. The van der Waals surface area contributed by atoms with Gasteiger partial charge in [0.05, 0.1) is 35.8 Å². The molecule has 1 spiro atoms. The van der Waals surface area contributed by atoms with Crippen LogP contribution in [-0.4, -0.2) is 73.7 Å². The van der Waals surface area contributed by atoms with E-state index in [4.69, 9.17) is 22.1 Å². The Morgan fingerprint density at radius 1 is 1.18 bits per heavy atom. The first-order valence-corrected chi connectivity index (χ1v) is 15.3. The maximum Gasteiger partial charge on any atom is 0.333 e. The third-order valence-electron chi connectivity index (χ3n) is 7.60. The highest BCUT2D eigenvalue weighted by Gasteiger charge is 2.47. The van der Waals surface area contributed by atoms with Crippen molar-refractivity contribution >= 4 is 51.1 Å². The maximum atomic E-state index is 12.4. The number of nitrogens with two attached hydrogens (primary N) is 1. The largest absolute Gasteiger partial charge is 0.376 e. The summed E-state index contributed by atoms with van der Waals surface area (Å²) >= 11 is 7.84. The fourth-order valence-corrected chi connectivity index (χ4v) is 7.46. The number of hydrogen-bond acceptors (Lipinski definition) is 9. The summed E-state index contributed by atoms with van der Waals surface area (Å²) in [7, 11) is -3.89. The second kappa shape index (κ2) is 11.1. The first-order chi connectivity index (χ1) is 18.2. The van der Waals surface area contributed by atoms with Crippen LogP contribution in [0.5, 0.6) is 0 Å². The van der Waals surface area contributed by atoms with E-state index in [2.05, 4.69) is 20.2 Å². The Balaban J connectivity index is 1.19. The van der Waals surface area contributed by atoms with Crippen molar-refractivity contribution in [2.75, 3.05) is 43.0 Å². The molecule has 3 aliphatic heterocycles. The number of piperidine rings is 1. The second-order valence-electron chi connectivity index (χ2n) is 9.99. The number of anilines is 2. The molecule has 206 valence electrons. The Labute approximate surface area is 232 Å². The molecule has 2 atom stereocenters. The lowest BCUT2D eigenvalue weighted by Crippen LogP contribution is -2.50. The van der Waals surface area contributed by atoms with E-state index in [1.54, 1.807) is 30.6 Å². The number of carbonyl (C=O) groups is 1. The van der Waals surface area contributed by atoms with Gasteiger partial charge in [-0.1, -0.05) is 29.4 Å². The van der Waals surface area contributed by atoms with Gasteiger partial charge in [0, 0.05) is 42.5 Å². The molecular weight excluding hydrogens is 550 g/mol. The van der Waals surface area contributed by atoms with Crippen LogP contribution in [0.3, 0.4) is 0 Å². The zero-order valence-electron chi connectivity index (χ0n) is 21.1. The molecule has 1 aromatic heterocycles. The number of aromatic nitrogens is 2. The SMILES string of the molecule is C[C@@H]1OCC2(CCN(c3cnc(Sc4cccc(NC(=O)NS(=O)(=O)N5CCCC5)c4Cl)cn3)CC2)[C@@H]1N. The van der Waals surface area contributed by atoms with Crippen molar-refractivity contribution in [3.8, 4) is 0 Å². The smallest absolute Gasteiger partial charge is 0.333 e. The van der Waals surface area contributed by atoms with Crippen LogP contribution in [0, 0.1) is 5.41 Å². The van der Waals surface area contributed by atoms with Gasteiger partial charge in [0.2, 0.25) is 0 Å². The van der Waals surface area contributed by atoms with Crippen molar-refractivity contribution < 1.29 is 17.9 Å². The number of carbonyl (C=O) groups excluding carboxylic acids is 1. The Bertz CT molecular complexity index is 1270. The number of halogens is 1. The predicted molar refractivity (Wildman–Crippen MR) is 147 cm³/mol. The molecule has 5 rings (SSSR count). The predicted octanol–water partition coefficient (Wildman–Crippen LogP) is 3.08. The number of nitrogens with zero attached hydrogens (tertiary/aromatic N) is 4. The molecule has 0 aliphatic carbocycles. The number of nitrogens with one attached hydrogen (secondary N) is 2. The average Bonchev–Trinajstić information content (AvgIpc) is 3.54. The van der Waals surface area contributed by atoms with Crippen molar-refractivity contribution in [3.05, 3.63) is 35.6 Å². The number of urea groups is 1. The van der Waals surface area contributed by atoms with Crippen molar-refractivity contribution in [2.24, 2.45) is 11.1 Å². The van der Waals surface area contributed by atoms with E-state index in [9.17, 15) is 13.2 Å². The van der Waals surface area contributed by atoms with Crippen molar-refractivity contribution in [3.63, 3.8) is 0 Å².